The molecule has 3 rings (SSSR count). The van der Waals surface area contributed by atoms with E-state index in [9.17, 15) is 0 Å². The number of nitrogen functional groups attached to an aromatic ring is 1. The summed E-state index contributed by atoms with van der Waals surface area (Å²) in [7, 11) is 0. The fourth-order valence-corrected chi connectivity index (χ4v) is 4.95. The van der Waals surface area contributed by atoms with Crippen molar-refractivity contribution in [3.63, 3.8) is 0 Å². The molecule has 2 N–H and O–H groups in total. The maximum atomic E-state index is 5.86. The molecule has 0 spiro atoms. The minimum absolute atomic E-state index is 0.336. The molecule has 2 fully saturated rings. The molecule has 18 heavy (non-hydrogen) atoms. The maximum Gasteiger partial charge on any atom is 0.222 e. The average molecular weight is 266 g/mol. The Kier molecular flexibility index (Phi) is 3.26. The number of nitrogens with two attached hydrogens (primary N) is 1. The Hall–Kier alpha value is -0.710. The fourth-order valence-electron chi connectivity index (χ4n) is 3.63. The topological polar surface area (TPSA) is 56.7 Å². The number of thioether (sulfide) groups is 1. The Labute approximate surface area is 113 Å². The van der Waals surface area contributed by atoms with Gasteiger partial charge in [-0.15, -0.1) is 10.2 Å². The van der Waals surface area contributed by atoms with E-state index >= 15 is 0 Å². The van der Waals surface area contributed by atoms with Crippen molar-refractivity contribution < 1.29 is 0 Å². The number of rotatable bonds is 4. The van der Waals surface area contributed by atoms with Gasteiger partial charge in [-0.2, -0.15) is 0 Å². The van der Waals surface area contributed by atoms with Crippen LogP contribution in [0.15, 0.2) is 5.16 Å². The Morgan fingerprint density at radius 3 is 2.78 bits per heavy atom. The third-order valence-corrected chi connectivity index (χ3v) is 5.65. The van der Waals surface area contributed by atoms with E-state index in [4.69, 9.17) is 5.73 Å². The maximum absolute atomic E-state index is 5.86. The van der Waals surface area contributed by atoms with Gasteiger partial charge in [-0.3, -0.25) is 4.57 Å². The molecule has 4 nitrogen and oxygen atoms in total. The van der Waals surface area contributed by atoms with Gasteiger partial charge in [0.1, 0.15) is 0 Å². The predicted molar refractivity (Wildman–Crippen MR) is 74.5 cm³/mol. The molecule has 1 heterocycles. The van der Waals surface area contributed by atoms with Crippen molar-refractivity contribution in [2.75, 3.05) is 11.5 Å². The van der Waals surface area contributed by atoms with Crippen LogP contribution in [0, 0.1) is 17.8 Å². The van der Waals surface area contributed by atoms with Gasteiger partial charge in [0.15, 0.2) is 5.16 Å². The van der Waals surface area contributed by atoms with Crippen LogP contribution in [0.3, 0.4) is 0 Å². The van der Waals surface area contributed by atoms with Crippen LogP contribution in [0.1, 0.15) is 45.6 Å². The molecule has 0 radical (unpaired) electrons. The first-order chi connectivity index (χ1) is 8.65. The van der Waals surface area contributed by atoms with Gasteiger partial charge in [0, 0.05) is 11.8 Å². The molecule has 0 aromatic carbocycles. The van der Waals surface area contributed by atoms with Crippen LogP contribution in [-0.4, -0.2) is 20.5 Å². The summed E-state index contributed by atoms with van der Waals surface area (Å²) in [5, 5.41) is 9.20. The van der Waals surface area contributed by atoms with Gasteiger partial charge < -0.3 is 5.73 Å². The number of hydrogen-bond donors (Lipinski definition) is 1. The van der Waals surface area contributed by atoms with Gasteiger partial charge in [0.25, 0.3) is 0 Å². The van der Waals surface area contributed by atoms with Gasteiger partial charge >= 0.3 is 0 Å². The molecule has 2 bridgehead atoms. The van der Waals surface area contributed by atoms with Gasteiger partial charge in [0.05, 0.1) is 0 Å². The van der Waals surface area contributed by atoms with Crippen LogP contribution in [0.2, 0.25) is 0 Å². The highest BCUT2D eigenvalue weighted by Gasteiger charge is 2.39. The quantitative estimate of drug-likeness (QED) is 0.851. The Morgan fingerprint density at radius 2 is 2.17 bits per heavy atom. The van der Waals surface area contributed by atoms with Crippen LogP contribution >= 0.6 is 11.8 Å². The smallest absolute Gasteiger partial charge is 0.222 e. The van der Waals surface area contributed by atoms with Crippen molar-refractivity contribution in [3.8, 4) is 0 Å². The Balaban J connectivity index is 1.63. The standard InChI is InChI=1S/C13H22N4S/c1-8(2)17-12(14)15-16-13(17)18-7-11-6-9-3-4-10(11)5-9/h8-11H,3-7H2,1-2H3,(H2,14,15). The molecule has 1 aromatic heterocycles. The second-order valence-corrected chi connectivity index (χ2v) is 7.04. The van der Waals surface area contributed by atoms with Crippen molar-refractivity contribution >= 4 is 17.7 Å². The lowest BCUT2D eigenvalue weighted by Crippen LogP contribution is -2.14. The second kappa shape index (κ2) is 4.76. The molecule has 2 aliphatic rings. The van der Waals surface area contributed by atoms with E-state index in [1.54, 1.807) is 0 Å². The molecule has 0 saturated heterocycles. The zero-order chi connectivity index (χ0) is 12.7. The minimum Gasteiger partial charge on any atom is -0.368 e. The first-order valence-electron chi connectivity index (χ1n) is 6.98. The largest absolute Gasteiger partial charge is 0.368 e. The lowest BCUT2D eigenvalue weighted by atomic mass is 9.90. The third kappa shape index (κ3) is 2.13. The van der Waals surface area contributed by atoms with E-state index < -0.39 is 0 Å². The van der Waals surface area contributed by atoms with Crippen LogP contribution < -0.4 is 5.73 Å². The number of anilines is 1. The predicted octanol–water partition coefficient (Wildman–Crippen LogP) is 2.97. The SMILES string of the molecule is CC(C)n1c(N)nnc1SCC1CC2CCC1C2. The molecule has 0 amide bonds. The molecule has 1 aromatic rings. The second-order valence-electron chi connectivity index (χ2n) is 6.05. The first kappa shape index (κ1) is 12.3. The number of fused-ring (bicyclic) bond motifs is 2. The van der Waals surface area contributed by atoms with Crippen LogP contribution in [-0.2, 0) is 0 Å². The zero-order valence-corrected chi connectivity index (χ0v) is 12.0. The molecule has 5 heteroatoms. The van der Waals surface area contributed by atoms with Gasteiger partial charge in [-0.25, -0.2) is 0 Å². The summed E-state index contributed by atoms with van der Waals surface area (Å²) in [5.74, 6) is 4.63. The Morgan fingerprint density at radius 1 is 1.33 bits per heavy atom. The molecule has 3 atom stereocenters. The number of hydrogen-bond acceptors (Lipinski definition) is 4. The molecule has 100 valence electrons. The van der Waals surface area contributed by atoms with Crippen LogP contribution in [0.5, 0.6) is 0 Å². The molecule has 2 saturated carbocycles. The van der Waals surface area contributed by atoms with Crippen molar-refractivity contribution in [1.82, 2.24) is 14.8 Å². The van der Waals surface area contributed by atoms with E-state index in [1.165, 1.54) is 31.4 Å². The third-order valence-electron chi connectivity index (χ3n) is 4.52. The van der Waals surface area contributed by atoms with Crippen molar-refractivity contribution in [2.24, 2.45) is 17.8 Å². The molecular weight excluding hydrogens is 244 g/mol. The van der Waals surface area contributed by atoms with Gasteiger partial charge in [-0.1, -0.05) is 18.2 Å². The highest BCUT2D eigenvalue weighted by molar-refractivity contribution is 7.99. The molecule has 2 aliphatic carbocycles. The first-order valence-corrected chi connectivity index (χ1v) is 7.97. The average Bonchev–Trinajstić information content (AvgIpc) is 3.00. The highest BCUT2D eigenvalue weighted by atomic mass is 32.2. The lowest BCUT2D eigenvalue weighted by Gasteiger charge is -2.21. The monoisotopic (exact) mass is 266 g/mol. The summed E-state index contributed by atoms with van der Waals surface area (Å²) < 4.78 is 2.04. The van der Waals surface area contributed by atoms with E-state index in [1.807, 2.05) is 16.3 Å². The molecule has 0 aliphatic heterocycles. The van der Waals surface area contributed by atoms with Crippen molar-refractivity contribution in [2.45, 2.75) is 50.7 Å². The van der Waals surface area contributed by atoms with Crippen molar-refractivity contribution in [3.05, 3.63) is 0 Å². The lowest BCUT2D eigenvalue weighted by molar-refractivity contribution is 0.365. The van der Waals surface area contributed by atoms with E-state index in [0.717, 1.165) is 22.9 Å². The minimum atomic E-state index is 0.336. The summed E-state index contributed by atoms with van der Waals surface area (Å²) in [6.45, 7) is 4.25. The summed E-state index contributed by atoms with van der Waals surface area (Å²) in [6, 6.07) is 0.336. The fraction of sp³-hybridized carbons (Fsp3) is 0.846. The number of aromatic nitrogens is 3. The van der Waals surface area contributed by atoms with Gasteiger partial charge in [-0.05, 0) is 50.9 Å². The highest BCUT2D eigenvalue weighted by Crippen LogP contribution is 2.49. The zero-order valence-electron chi connectivity index (χ0n) is 11.2. The van der Waals surface area contributed by atoms with E-state index in [0.29, 0.717) is 12.0 Å². The van der Waals surface area contributed by atoms with Crippen LogP contribution in [0.4, 0.5) is 5.95 Å². The normalized spacial score (nSPS) is 30.5. The summed E-state index contributed by atoms with van der Waals surface area (Å²) in [4.78, 5) is 0. The summed E-state index contributed by atoms with van der Waals surface area (Å²) in [6.07, 6.45) is 5.84. The number of nitrogens with zero attached hydrogens (tertiary/aromatic N) is 3. The summed E-state index contributed by atoms with van der Waals surface area (Å²) >= 11 is 1.84. The summed E-state index contributed by atoms with van der Waals surface area (Å²) in [5.41, 5.74) is 5.86. The van der Waals surface area contributed by atoms with Crippen LogP contribution in [0.25, 0.3) is 0 Å². The molecule has 3 unspecified atom stereocenters. The van der Waals surface area contributed by atoms with Gasteiger partial charge in [0.2, 0.25) is 5.95 Å². The van der Waals surface area contributed by atoms with E-state index in [2.05, 4.69) is 24.0 Å². The molecular formula is C13H22N4S. The Bertz CT molecular complexity index is 429. The van der Waals surface area contributed by atoms with Crippen molar-refractivity contribution in [1.29, 1.82) is 0 Å². The van der Waals surface area contributed by atoms with E-state index in [-0.39, 0.29) is 0 Å².